The van der Waals surface area contributed by atoms with Crippen molar-refractivity contribution in [2.45, 2.75) is 32.1 Å². The predicted molar refractivity (Wildman–Crippen MR) is 96.1 cm³/mol. The number of nitrogens with zero attached hydrogens (tertiary/aromatic N) is 2. The summed E-state index contributed by atoms with van der Waals surface area (Å²) in [6.07, 6.45) is 0. The number of benzene rings is 1. The minimum atomic E-state index is -0.766. The third-order valence-electron chi connectivity index (χ3n) is 4.52. The van der Waals surface area contributed by atoms with Crippen LogP contribution in [0, 0.1) is 22.7 Å². The Morgan fingerprint density at radius 2 is 1.81 bits per heavy atom. The van der Waals surface area contributed by atoms with Gasteiger partial charge in [0, 0.05) is 28.7 Å². The summed E-state index contributed by atoms with van der Waals surface area (Å²) in [5.41, 5.74) is 2.27. The molecule has 0 fully saturated rings. The number of fused-ring (bicyclic) bond motifs is 1. The van der Waals surface area contributed by atoms with E-state index in [1.165, 1.54) is 0 Å². The lowest BCUT2D eigenvalue weighted by Crippen LogP contribution is -2.32. The van der Waals surface area contributed by atoms with Gasteiger partial charge < -0.3 is 14.2 Å². The Balaban J connectivity index is 2.27. The summed E-state index contributed by atoms with van der Waals surface area (Å²) in [7, 11) is 3.16. The molecule has 2 unspecified atom stereocenters. The van der Waals surface area contributed by atoms with Gasteiger partial charge in [-0.3, -0.25) is 10.5 Å². The van der Waals surface area contributed by atoms with Crippen LogP contribution in [0.4, 0.5) is 0 Å². The van der Waals surface area contributed by atoms with Gasteiger partial charge in [0.15, 0.2) is 0 Å². The molecule has 0 saturated carbocycles. The Bertz CT molecular complexity index is 867. The zero-order valence-corrected chi connectivity index (χ0v) is 15.5. The van der Waals surface area contributed by atoms with Crippen LogP contribution in [0.3, 0.4) is 0 Å². The highest BCUT2D eigenvalue weighted by Gasteiger charge is 2.42. The fourth-order valence-corrected chi connectivity index (χ4v) is 3.26. The van der Waals surface area contributed by atoms with Gasteiger partial charge in [-0.1, -0.05) is 20.8 Å². The standard InChI is InChI=1S/C19H22N4O3/c1-19(2,3)16-15-14(10-6-11(24-4)8-12(7-10)25-5)13(9-20)17(21)26-18(15)23-22-16/h6-8,13-14,21H,1-5H3,(H,22,23). The Morgan fingerprint density at radius 1 is 1.19 bits per heavy atom. The Labute approximate surface area is 152 Å². The SMILES string of the molecule is COc1cc(OC)cc(C2c3c(n[nH]c3C(C)(C)C)OC(=N)C2C#N)c1. The van der Waals surface area contributed by atoms with Crippen molar-refractivity contribution in [2.75, 3.05) is 14.2 Å². The molecule has 1 aliphatic heterocycles. The van der Waals surface area contributed by atoms with E-state index >= 15 is 0 Å². The predicted octanol–water partition coefficient (Wildman–Crippen LogP) is 3.37. The van der Waals surface area contributed by atoms with Gasteiger partial charge in [-0.25, -0.2) is 0 Å². The van der Waals surface area contributed by atoms with E-state index in [0.717, 1.165) is 16.8 Å². The summed E-state index contributed by atoms with van der Waals surface area (Å²) in [5, 5.41) is 25.2. The largest absolute Gasteiger partial charge is 0.497 e. The number of aromatic amines is 1. The monoisotopic (exact) mass is 354 g/mol. The number of H-pyrrole nitrogens is 1. The van der Waals surface area contributed by atoms with Gasteiger partial charge in [0.1, 0.15) is 17.4 Å². The van der Waals surface area contributed by atoms with E-state index in [-0.39, 0.29) is 11.3 Å². The number of methoxy groups -OCH3 is 2. The molecule has 3 rings (SSSR count). The molecule has 1 aromatic heterocycles. The van der Waals surface area contributed by atoms with Crippen LogP contribution in [-0.2, 0) is 5.41 Å². The molecule has 0 saturated heterocycles. The lowest BCUT2D eigenvalue weighted by molar-refractivity contribution is 0.390. The van der Waals surface area contributed by atoms with Crippen molar-refractivity contribution in [1.82, 2.24) is 10.2 Å². The molecular formula is C19H22N4O3. The molecule has 0 spiro atoms. The first-order valence-corrected chi connectivity index (χ1v) is 8.27. The highest BCUT2D eigenvalue weighted by Crippen LogP contribution is 2.46. The summed E-state index contributed by atoms with van der Waals surface area (Å²) in [6, 6.07) is 7.71. The molecule has 2 N–H and O–H groups in total. The van der Waals surface area contributed by atoms with Crippen LogP contribution >= 0.6 is 0 Å². The second kappa shape index (κ2) is 6.37. The first-order valence-electron chi connectivity index (χ1n) is 8.27. The van der Waals surface area contributed by atoms with Crippen molar-refractivity contribution in [1.29, 1.82) is 10.7 Å². The van der Waals surface area contributed by atoms with Gasteiger partial charge in [-0.2, -0.15) is 5.26 Å². The van der Waals surface area contributed by atoms with E-state index in [1.54, 1.807) is 20.3 Å². The maximum atomic E-state index is 9.74. The van der Waals surface area contributed by atoms with Gasteiger partial charge in [0.2, 0.25) is 11.8 Å². The molecule has 2 atom stereocenters. The van der Waals surface area contributed by atoms with Crippen LogP contribution in [0.5, 0.6) is 17.4 Å². The molecule has 0 bridgehead atoms. The lowest BCUT2D eigenvalue weighted by atomic mass is 9.76. The molecule has 7 nitrogen and oxygen atoms in total. The highest BCUT2D eigenvalue weighted by molar-refractivity contribution is 5.85. The number of ether oxygens (including phenoxy) is 3. The first kappa shape index (κ1) is 17.8. The molecule has 2 aromatic rings. The third-order valence-corrected chi connectivity index (χ3v) is 4.52. The van der Waals surface area contributed by atoms with E-state index in [4.69, 9.17) is 19.6 Å². The van der Waals surface area contributed by atoms with E-state index in [1.807, 2.05) is 12.1 Å². The number of nitriles is 1. The van der Waals surface area contributed by atoms with Crippen LogP contribution in [0.1, 0.15) is 43.5 Å². The molecule has 0 radical (unpaired) electrons. The average molecular weight is 354 g/mol. The normalized spacial score (nSPS) is 19.3. The highest BCUT2D eigenvalue weighted by atomic mass is 16.5. The van der Waals surface area contributed by atoms with E-state index in [9.17, 15) is 5.26 Å². The van der Waals surface area contributed by atoms with E-state index < -0.39 is 11.8 Å². The van der Waals surface area contributed by atoms with Crippen LogP contribution in [0.15, 0.2) is 18.2 Å². The average Bonchev–Trinajstić information content (AvgIpc) is 3.03. The van der Waals surface area contributed by atoms with Crippen LogP contribution in [0.25, 0.3) is 0 Å². The Hall–Kier alpha value is -3.01. The van der Waals surface area contributed by atoms with Crippen molar-refractivity contribution < 1.29 is 14.2 Å². The molecule has 26 heavy (non-hydrogen) atoms. The minimum absolute atomic E-state index is 0.112. The van der Waals surface area contributed by atoms with Crippen molar-refractivity contribution >= 4 is 5.90 Å². The van der Waals surface area contributed by atoms with Gasteiger partial charge in [0.25, 0.3) is 0 Å². The number of hydrogen-bond acceptors (Lipinski definition) is 6. The Morgan fingerprint density at radius 3 is 2.31 bits per heavy atom. The fraction of sp³-hybridized carbons (Fsp3) is 0.421. The van der Waals surface area contributed by atoms with Gasteiger partial charge in [-0.05, 0) is 17.7 Å². The first-order chi connectivity index (χ1) is 12.3. The summed E-state index contributed by atoms with van der Waals surface area (Å²) < 4.78 is 16.3. The molecular weight excluding hydrogens is 332 g/mol. The van der Waals surface area contributed by atoms with Gasteiger partial charge in [0.05, 0.1) is 20.3 Å². The molecule has 1 aromatic carbocycles. The minimum Gasteiger partial charge on any atom is -0.497 e. The number of hydrogen-bond donors (Lipinski definition) is 2. The summed E-state index contributed by atoms with van der Waals surface area (Å²) in [5.74, 6) is 0.302. The zero-order chi connectivity index (χ0) is 19.1. The number of rotatable bonds is 3. The zero-order valence-electron chi connectivity index (χ0n) is 15.5. The van der Waals surface area contributed by atoms with Crippen LogP contribution in [0.2, 0.25) is 0 Å². The molecule has 2 heterocycles. The van der Waals surface area contributed by atoms with Gasteiger partial charge >= 0.3 is 0 Å². The molecule has 1 aliphatic rings. The second-order valence-electron chi connectivity index (χ2n) is 7.26. The quantitative estimate of drug-likeness (QED) is 0.879. The molecule has 136 valence electrons. The topological polar surface area (TPSA) is 104 Å². The fourth-order valence-electron chi connectivity index (χ4n) is 3.26. The summed E-state index contributed by atoms with van der Waals surface area (Å²) >= 11 is 0. The second-order valence-corrected chi connectivity index (χ2v) is 7.26. The molecule has 0 aliphatic carbocycles. The van der Waals surface area contributed by atoms with Crippen molar-refractivity contribution in [3.8, 4) is 23.4 Å². The van der Waals surface area contributed by atoms with E-state index in [2.05, 4.69) is 37.0 Å². The molecule has 0 amide bonds. The maximum absolute atomic E-state index is 9.74. The third kappa shape index (κ3) is 2.88. The van der Waals surface area contributed by atoms with Crippen molar-refractivity contribution in [3.05, 3.63) is 35.0 Å². The number of aromatic nitrogens is 2. The van der Waals surface area contributed by atoms with Crippen molar-refractivity contribution in [3.63, 3.8) is 0 Å². The van der Waals surface area contributed by atoms with E-state index in [0.29, 0.717) is 17.4 Å². The smallest absolute Gasteiger partial charge is 0.243 e. The van der Waals surface area contributed by atoms with Crippen LogP contribution < -0.4 is 14.2 Å². The van der Waals surface area contributed by atoms with Gasteiger partial charge in [-0.15, -0.1) is 5.10 Å². The maximum Gasteiger partial charge on any atom is 0.243 e. The van der Waals surface area contributed by atoms with Crippen LogP contribution in [-0.4, -0.2) is 30.3 Å². The number of nitrogens with one attached hydrogen (secondary N) is 2. The molecule has 7 heteroatoms. The lowest BCUT2D eigenvalue weighted by Gasteiger charge is -2.30. The summed E-state index contributed by atoms with van der Waals surface area (Å²) in [6.45, 7) is 6.18. The summed E-state index contributed by atoms with van der Waals surface area (Å²) in [4.78, 5) is 0. The Kier molecular flexibility index (Phi) is 4.36. The van der Waals surface area contributed by atoms with Crippen molar-refractivity contribution in [2.24, 2.45) is 5.92 Å².